The summed E-state index contributed by atoms with van der Waals surface area (Å²) in [5.74, 6) is 0. The highest BCUT2D eigenvalue weighted by Crippen LogP contribution is 2.28. The molecule has 0 aliphatic rings. The fourth-order valence-electron chi connectivity index (χ4n) is 1.62. The maximum atomic E-state index is 3.45. The van der Waals surface area contributed by atoms with E-state index in [-0.39, 0.29) is 0 Å². The summed E-state index contributed by atoms with van der Waals surface area (Å²) in [7, 11) is 0. The standard InChI is InChI=1S/C16H15BrS/c1-12-3-9-16(10-4-12)18-13(2)11-14-5-7-15(17)8-6-14/h3-11H,1-2H3/b13-11-. The lowest BCUT2D eigenvalue weighted by Crippen LogP contribution is -1.76. The summed E-state index contributed by atoms with van der Waals surface area (Å²) < 4.78 is 1.11. The second-order valence-corrected chi connectivity index (χ2v) is 6.46. The van der Waals surface area contributed by atoms with Gasteiger partial charge in [-0.3, -0.25) is 0 Å². The van der Waals surface area contributed by atoms with Gasteiger partial charge in [0.2, 0.25) is 0 Å². The van der Waals surface area contributed by atoms with E-state index in [0.717, 1.165) is 4.47 Å². The topological polar surface area (TPSA) is 0 Å². The first-order chi connectivity index (χ1) is 8.63. The van der Waals surface area contributed by atoms with Gasteiger partial charge in [-0.1, -0.05) is 57.5 Å². The van der Waals surface area contributed by atoms with E-state index >= 15 is 0 Å². The Kier molecular flexibility index (Phi) is 4.67. The SMILES string of the molecule is C/C(=C/c1ccc(Br)cc1)Sc1ccc(C)cc1. The highest BCUT2D eigenvalue weighted by molar-refractivity contribution is 9.10. The van der Waals surface area contributed by atoms with Crippen LogP contribution in [-0.2, 0) is 0 Å². The Hall–Kier alpha value is -0.990. The summed E-state index contributed by atoms with van der Waals surface area (Å²) in [6.07, 6.45) is 2.21. The summed E-state index contributed by atoms with van der Waals surface area (Å²) in [4.78, 5) is 2.58. The summed E-state index contributed by atoms with van der Waals surface area (Å²) in [5, 5.41) is 0. The molecule has 0 heterocycles. The Morgan fingerprint density at radius 3 is 2.22 bits per heavy atom. The minimum atomic E-state index is 1.11. The first-order valence-electron chi connectivity index (χ1n) is 5.82. The number of thioether (sulfide) groups is 1. The zero-order valence-electron chi connectivity index (χ0n) is 10.5. The molecule has 0 amide bonds. The van der Waals surface area contributed by atoms with Crippen molar-refractivity contribution in [3.05, 3.63) is 69.0 Å². The van der Waals surface area contributed by atoms with Crippen LogP contribution in [0.1, 0.15) is 18.1 Å². The highest BCUT2D eigenvalue weighted by atomic mass is 79.9. The third-order valence-electron chi connectivity index (χ3n) is 2.54. The molecule has 0 nitrogen and oxygen atoms in total. The van der Waals surface area contributed by atoms with Crippen molar-refractivity contribution in [3.63, 3.8) is 0 Å². The van der Waals surface area contributed by atoms with Crippen LogP contribution in [0.2, 0.25) is 0 Å². The van der Waals surface area contributed by atoms with Gasteiger partial charge in [0, 0.05) is 9.37 Å². The second-order valence-electron chi connectivity index (χ2n) is 4.22. The molecule has 0 fully saturated rings. The largest absolute Gasteiger partial charge is 0.0948 e. The lowest BCUT2D eigenvalue weighted by molar-refractivity contribution is 1.38. The maximum absolute atomic E-state index is 3.45. The Labute approximate surface area is 121 Å². The van der Waals surface area contributed by atoms with Gasteiger partial charge in [-0.05, 0) is 54.7 Å². The Balaban J connectivity index is 2.09. The third kappa shape index (κ3) is 4.04. The van der Waals surface area contributed by atoms with Crippen molar-refractivity contribution in [1.82, 2.24) is 0 Å². The van der Waals surface area contributed by atoms with E-state index < -0.39 is 0 Å². The average Bonchev–Trinajstić information content (AvgIpc) is 2.35. The van der Waals surface area contributed by atoms with Crippen LogP contribution in [0.3, 0.4) is 0 Å². The molecule has 0 aromatic heterocycles. The van der Waals surface area contributed by atoms with Crippen LogP contribution < -0.4 is 0 Å². The minimum Gasteiger partial charge on any atom is -0.0948 e. The van der Waals surface area contributed by atoms with Crippen molar-refractivity contribution in [2.24, 2.45) is 0 Å². The van der Waals surface area contributed by atoms with E-state index in [2.05, 4.69) is 84.4 Å². The van der Waals surface area contributed by atoms with Crippen LogP contribution in [0.5, 0.6) is 0 Å². The smallest absolute Gasteiger partial charge is 0.0175 e. The van der Waals surface area contributed by atoms with Crippen molar-refractivity contribution >= 4 is 33.8 Å². The number of halogens is 1. The quantitative estimate of drug-likeness (QED) is 0.634. The van der Waals surface area contributed by atoms with E-state index in [9.17, 15) is 0 Å². The van der Waals surface area contributed by atoms with Crippen LogP contribution >= 0.6 is 27.7 Å². The summed E-state index contributed by atoms with van der Waals surface area (Å²) in [6, 6.07) is 17.0. The summed E-state index contributed by atoms with van der Waals surface area (Å²) in [6.45, 7) is 4.26. The van der Waals surface area contributed by atoms with E-state index in [4.69, 9.17) is 0 Å². The van der Waals surface area contributed by atoms with Gasteiger partial charge in [0.25, 0.3) is 0 Å². The average molecular weight is 319 g/mol. The van der Waals surface area contributed by atoms with Gasteiger partial charge in [0.1, 0.15) is 0 Å². The molecule has 2 aromatic rings. The number of aryl methyl sites for hydroxylation is 1. The Morgan fingerprint density at radius 1 is 1.00 bits per heavy atom. The minimum absolute atomic E-state index is 1.11. The zero-order chi connectivity index (χ0) is 13.0. The molecule has 0 N–H and O–H groups in total. The van der Waals surface area contributed by atoms with Crippen LogP contribution in [0.15, 0.2) is 62.8 Å². The molecule has 0 saturated heterocycles. The van der Waals surface area contributed by atoms with Crippen molar-refractivity contribution in [2.45, 2.75) is 18.7 Å². The molecule has 0 aliphatic heterocycles. The third-order valence-corrected chi connectivity index (χ3v) is 4.02. The predicted octanol–water partition coefficient (Wildman–Crippen LogP) is 5.91. The Bertz CT molecular complexity index is 538. The molecule has 0 radical (unpaired) electrons. The molecular formula is C16H15BrS. The van der Waals surface area contributed by atoms with Gasteiger partial charge in [-0.15, -0.1) is 0 Å². The molecule has 0 unspecified atom stereocenters. The lowest BCUT2D eigenvalue weighted by Gasteiger charge is -2.03. The molecule has 2 rings (SSSR count). The van der Waals surface area contributed by atoms with Gasteiger partial charge in [0.15, 0.2) is 0 Å². The molecule has 0 saturated carbocycles. The van der Waals surface area contributed by atoms with Gasteiger partial charge in [0.05, 0.1) is 0 Å². The number of hydrogen-bond acceptors (Lipinski definition) is 1. The van der Waals surface area contributed by atoms with Crippen LogP contribution in [0.4, 0.5) is 0 Å². The number of benzene rings is 2. The molecule has 2 aromatic carbocycles. The van der Waals surface area contributed by atoms with E-state index in [1.54, 1.807) is 11.8 Å². The highest BCUT2D eigenvalue weighted by Gasteiger charge is 1.96. The molecule has 0 bridgehead atoms. The van der Waals surface area contributed by atoms with E-state index in [0.29, 0.717) is 0 Å². The van der Waals surface area contributed by atoms with Gasteiger partial charge in [-0.25, -0.2) is 0 Å². The van der Waals surface area contributed by atoms with Crippen LogP contribution in [-0.4, -0.2) is 0 Å². The molecule has 0 atom stereocenters. The fourth-order valence-corrected chi connectivity index (χ4v) is 2.72. The first-order valence-corrected chi connectivity index (χ1v) is 7.43. The first kappa shape index (κ1) is 13.4. The monoisotopic (exact) mass is 318 g/mol. The van der Waals surface area contributed by atoms with Gasteiger partial charge >= 0.3 is 0 Å². The maximum Gasteiger partial charge on any atom is 0.0175 e. The number of rotatable bonds is 3. The van der Waals surface area contributed by atoms with Crippen molar-refractivity contribution < 1.29 is 0 Å². The second kappa shape index (κ2) is 6.26. The van der Waals surface area contributed by atoms with E-state index in [1.165, 1.54) is 20.9 Å². The number of allylic oxidation sites excluding steroid dienone is 1. The Morgan fingerprint density at radius 2 is 1.61 bits per heavy atom. The molecule has 0 spiro atoms. The normalized spacial score (nSPS) is 11.6. The van der Waals surface area contributed by atoms with Gasteiger partial charge < -0.3 is 0 Å². The van der Waals surface area contributed by atoms with Crippen molar-refractivity contribution in [1.29, 1.82) is 0 Å². The van der Waals surface area contributed by atoms with Crippen molar-refractivity contribution in [3.8, 4) is 0 Å². The van der Waals surface area contributed by atoms with Gasteiger partial charge in [-0.2, -0.15) is 0 Å². The summed E-state index contributed by atoms with van der Waals surface area (Å²) in [5.41, 5.74) is 2.53. The fraction of sp³-hybridized carbons (Fsp3) is 0.125. The molecule has 0 aliphatic carbocycles. The van der Waals surface area contributed by atoms with Crippen LogP contribution in [0.25, 0.3) is 6.08 Å². The van der Waals surface area contributed by atoms with Crippen molar-refractivity contribution in [2.75, 3.05) is 0 Å². The molecule has 18 heavy (non-hydrogen) atoms. The molecular weight excluding hydrogens is 304 g/mol. The van der Waals surface area contributed by atoms with E-state index in [1.807, 2.05) is 0 Å². The lowest BCUT2D eigenvalue weighted by atomic mass is 10.2. The molecule has 92 valence electrons. The zero-order valence-corrected chi connectivity index (χ0v) is 12.9. The summed E-state index contributed by atoms with van der Waals surface area (Å²) >= 11 is 5.25. The molecule has 2 heteroatoms. The van der Waals surface area contributed by atoms with Crippen LogP contribution in [0, 0.1) is 6.92 Å². The number of hydrogen-bond donors (Lipinski definition) is 0. The predicted molar refractivity (Wildman–Crippen MR) is 84.8 cm³/mol.